The second-order valence-electron chi connectivity index (χ2n) is 18.5. The van der Waals surface area contributed by atoms with Crippen molar-refractivity contribution in [3.63, 3.8) is 0 Å². The highest BCUT2D eigenvalue weighted by Crippen LogP contribution is 2.67. The monoisotopic (exact) mass is 665 g/mol. The van der Waals surface area contributed by atoms with Crippen molar-refractivity contribution in [1.82, 2.24) is 0 Å². The van der Waals surface area contributed by atoms with E-state index < -0.39 is 0 Å². The molecule has 2 nitrogen and oxygen atoms in total. The normalized spacial score (nSPS) is 32.8. The first-order chi connectivity index (χ1) is 23.1. The van der Waals surface area contributed by atoms with Crippen molar-refractivity contribution in [3.8, 4) is 0 Å². The molecule has 0 radical (unpaired) electrons. The number of hydrogen-bond acceptors (Lipinski definition) is 2. The zero-order valence-electron chi connectivity index (χ0n) is 33.1. The Labute approximate surface area is 299 Å². The summed E-state index contributed by atoms with van der Waals surface area (Å²) in [5, 5.41) is 0. The van der Waals surface area contributed by atoms with Gasteiger partial charge in [0.05, 0.1) is 0 Å². The molecule has 0 aromatic rings. The first-order valence-corrected chi connectivity index (χ1v) is 21.6. The molecule has 0 amide bonds. The van der Waals surface area contributed by atoms with Crippen molar-refractivity contribution in [1.29, 1.82) is 0 Å². The third-order valence-corrected chi connectivity index (χ3v) is 15.0. The molecule has 9 atom stereocenters. The Bertz CT molecular complexity index is 1010. The van der Waals surface area contributed by atoms with Crippen LogP contribution in [0.25, 0.3) is 0 Å². The number of ether oxygens (including phenoxy) is 1. The van der Waals surface area contributed by atoms with Crippen LogP contribution >= 0.6 is 0 Å². The molecule has 0 spiro atoms. The molecule has 0 aliphatic heterocycles. The predicted molar refractivity (Wildman–Crippen MR) is 207 cm³/mol. The molecule has 9 unspecified atom stereocenters. The number of carbonyl (C=O) groups is 1. The fourth-order valence-electron chi connectivity index (χ4n) is 11.3. The third-order valence-electron chi connectivity index (χ3n) is 15.0. The average molecular weight is 665 g/mol. The van der Waals surface area contributed by atoms with Crippen molar-refractivity contribution in [3.05, 3.63) is 23.8 Å². The molecule has 0 aromatic heterocycles. The molecular formula is C46H80O2. The van der Waals surface area contributed by atoms with E-state index in [9.17, 15) is 4.79 Å². The maximum atomic E-state index is 12.8. The minimum absolute atomic E-state index is 0.0571. The summed E-state index contributed by atoms with van der Waals surface area (Å²) in [6, 6.07) is 0. The van der Waals surface area contributed by atoms with Crippen molar-refractivity contribution < 1.29 is 9.53 Å². The molecule has 0 heterocycles. The standard InChI is InChI=1S/C46H80O2/c1-8-9-10-11-12-13-14-15-16-17-18-19-20-21-22-23-44(47)48-39-30-32-45(6)38(34-39)26-27-40-42-29-28-41(46(42,7)33-31-43(40)45)37(5)25-24-36(4)35(2)3/h13-14,26,35-37,39-43H,8-12,15-25,27-34H2,1-7H3/b14-13-. The van der Waals surface area contributed by atoms with Gasteiger partial charge in [-0.05, 0) is 129 Å². The molecule has 3 fully saturated rings. The number of unbranched alkanes of at least 4 members (excludes halogenated alkanes) is 11. The van der Waals surface area contributed by atoms with Crippen molar-refractivity contribution in [2.45, 2.75) is 209 Å². The summed E-state index contributed by atoms with van der Waals surface area (Å²) in [5.41, 5.74) is 2.51. The summed E-state index contributed by atoms with van der Waals surface area (Å²) in [6.07, 6.45) is 38.0. The number of esters is 1. The Morgan fingerprint density at radius 2 is 1.48 bits per heavy atom. The van der Waals surface area contributed by atoms with Crippen LogP contribution in [-0.4, -0.2) is 12.1 Å². The van der Waals surface area contributed by atoms with Crippen LogP contribution in [-0.2, 0) is 9.53 Å². The Kier molecular flexibility index (Phi) is 16.2. The Morgan fingerprint density at radius 1 is 0.812 bits per heavy atom. The molecule has 2 heteroatoms. The predicted octanol–water partition coefficient (Wildman–Crippen LogP) is 14.2. The van der Waals surface area contributed by atoms with Crippen LogP contribution in [0.1, 0.15) is 203 Å². The lowest BCUT2D eigenvalue weighted by Crippen LogP contribution is -2.51. The topological polar surface area (TPSA) is 26.3 Å². The van der Waals surface area contributed by atoms with Gasteiger partial charge in [0.1, 0.15) is 6.10 Å². The Balaban J connectivity index is 1.12. The maximum Gasteiger partial charge on any atom is 0.306 e. The molecule has 4 aliphatic rings. The smallest absolute Gasteiger partial charge is 0.306 e. The van der Waals surface area contributed by atoms with Gasteiger partial charge in [-0.2, -0.15) is 0 Å². The van der Waals surface area contributed by atoms with E-state index >= 15 is 0 Å². The van der Waals surface area contributed by atoms with Gasteiger partial charge in [0.15, 0.2) is 0 Å². The maximum absolute atomic E-state index is 12.8. The largest absolute Gasteiger partial charge is 0.462 e. The van der Waals surface area contributed by atoms with Gasteiger partial charge < -0.3 is 4.74 Å². The first kappa shape index (κ1) is 39.7. The summed E-state index contributed by atoms with van der Waals surface area (Å²) in [6.45, 7) is 17.4. The molecule has 4 rings (SSSR count). The van der Waals surface area contributed by atoms with E-state index in [1.54, 1.807) is 5.57 Å². The number of hydrogen-bond donors (Lipinski definition) is 0. The number of fused-ring (bicyclic) bond motifs is 5. The molecular weight excluding hydrogens is 585 g/mol. The van der Waals surface area contributed by atoms with E-state index in [0.717, 1.165) is 60.7 Å². The van der Waals surface area contributed by atoms with E-state index in [1.165, 1.54) is 128 Å². The third kappa shape index (κ3) is 10.5. The summed E-state index contributed by atoms with van der Waals surface area (Å²) >= 11 is 0. The minimum atomic E-state index is 0.0571. The van der Waals surface area contributed by atoms with Crippen molar-refractivity contribution in [2.75, 3.05) is 0 Å². The molecule has 0 bridgehead atoms. The van der Waals surface area contributed by atoms with Crippen LogP contribution in [0.2, 0.25) is 0 Å². The van der Waals surface area contributed by atoms with Gasteiger partial charge in [-0.15, -0.1) is 0 Å². The van der Waals surface area contributed by atoms with Crippen LogP contribution < -0.4 is 0 Å². The first-order valence-electron chi connectivity index (χ1n) is 21.6. The molecule has 0 saturated heterocycles. The van der Waals surface area contributed by atoms with E-state index in [-0.39, 0.29) is 12.1 Å². The van der Waals surface area contributed by atoms with Crippen LogP contribution in [0.5, 0.6) is 0 Å². The van der Waals surface area contributed by atoms with Gasteiger partial charge in [-0.1, -0.05) is 136 Å². The van der Waals surface area contributed by atoms with Crippen LogP contribution in [0.3, 0.4) is 0 Å². The van der Waals surface area contributed by atoms with Crippen LogP contribution in [0.15, 0.2) is 23.8 Å². The minimum Gasteiger partial charge on any atom is -0.462 e. The molecule has 3 saturated carbocycles. The molecule has 48 heavy (non-hydrogen) atoms. The summed E-state index contributed by atoms with van der Waals surface area (Å²) in [4.78, 5) is 12.8. The number of allylic oxidation sites excluding steroid dienone is 3. The van der Waals surface area contributed by atoms with Gasteiger partial charge in [-0.25, -0.2) is 0 Å². The molecule has 0 N–H and O–H groups in total. The molecule has 4 aliphatic carbocycles. The highest BCUT2D eigenvalue weighted by Gasteiger charge is 2.59. The van der Waals surface area contributed by atoms with Crippen molar-refractivity contribution in [2.24, 2.45) is 52.3 Å². The van der Waals surface area contributed by atoms with Gasteiger partial charge in [0, 0.05) is 12.8 Å². The highest BCUT2D eigenvalue weighted by molar-refractivity contribution is 5.69. The average Bonchev–Trinajstić information content (AvgIpc) is 3.42. The van der Waals surface area contributed by atoms with Crippen LogP contribution in [0.4, 0.5) is 0 Å². The lowest BCUT2D eigenvalue weighted by Gasteiger charge is -2.58. The van der Waals surface area contributed by atoms with Crippen molar-refractivity contribution >= 4 is 5.97 Å². The van der Waals surface area contributed by atoms with Gasteiger partial charge >= 0.3 is 5.97 Å². The Hall–Kier alpha value is -1.05. The quantitative estimate of drug-likeness (QED) is 0.0693. The fraction of sp³-hybridized carbons (Fsp3) is 0.891. The zero-order valence-corrected chi connectivity index (χ0v) is 33.1. The van der Waals surface area contributed by atoms with E-state index in [4.69, 9.17) is 4.74 Å². The SMILES string of the molecule is CCCCCC/C=C\CCCCCCCCCC(=O)OC1CCC2(C)C(=CCC3C2CCC2(C)C(C(C)CCC(C)C(C)C)CCC32)C1. The van der Waals surface area contributed by atoms with Gasteiger partial charge in [0.25, 0.3) is 0 Å². The number of rotatable bonds is 21. The van der Waals surface area contributed by atoms with E-state index in [0.29, 0.717) is 17.3 Å². The van der Waals surface area contributed by atoms with E-state index in [1.807, 2.05) is 0 Å². The van der Waals surface area contributed by atoms with Gasteiger partial charge in [-0.3, -0.25) is 4.79 Å². The van der Waals surface area contributed by atoms with E-state index in [2.05, 4.69) is 66.7 Å². The van der Waals surface area contributed by atoms with Crippen LogP contribution in [0, 0.1) is 52.3 Å². The molecule has 0 aromatic carbocycles. The lowest BCUT2D eigenvalue weighted by molar-refractivity contribution is -0.151. The second-order valence-corrected chi connectivity index (χ2v) is 18.5. The Morgan fingerprint density at radius 3 is 2.17 bits per heavy atom. The second kappa shape index (κ2) is 19.5. The summed E-state index contributed by atoms with van der Waals surface area (Å²) < 4.78 is 6.13. The summed E-state index contributed by atoms with van der Waals surface area (Å²) in [5.74, 6) is 6.09. The lowest BCUT2D eigenvalue weighted by atomic mass is 9.47. The van der Waals surface area contributed by atoms with Gasteiger partial charge in [0.2, 0.25) is 0 Å². The summed E-state index contributed by atoms with van der Waals surface area (Å²) in [7, 11) is 0. The number of carbonyl (C=O) groups excluding carboxylic acids is 1. The fourth-order valence-corrected chi connectivity index (χ4v) is 11.3. The zero-order chi connectivity index (χ0) is 34.6. The highest BCUT2D eigenvalue weighted by atomic mass is 16.5. The molecule has 276 valence electrons.